The third-order valence-corrected chi connectivity index (χ3v) is 6.94. The summed E-state index contributed by atoms with van der Waals surface area (Å²) < 4.78 is 0. The Morgan fingerprint density at radius 2 is 1.66 bits per heavy atom. The molecule has 8 heteroatoms. The SMILES string of the molecule is CC(C)C(=O)Nc1nc(CC(=O)NCc2ccccc2CN2CCN(c3ccccc3)CC2)cs1. The van der Waals surface area contributed by atoms with Gasteiger partial charge in [0.25, 0.3) is 0 Å². The topological polar surface area (TPSA) is 77.6 Å². The van der Waals surface area contributed by atoms with E-state index in [0.717, 1.165) is 38.3 Å². The summed E-state index contributed by atoms with van der Waals surface area (Å²) >= 11 is 1.34. The van der Waals surface area contributed by atoms with E-state index >= 15 is 0 Å². The van der Waals surface area contributed by atoms with Crippen LogP contribution < -0.4 is 15.5 Å². The lowest BCUT2D eigenvalue weighted by molar-refractivity contribution is -0.120. The molecule has 1 aromatic heterocycles. The average Bonchev–Trinajstić information content (AvgIpc) is 3.31. The van der Waals surface area contributed by atoms with Crippen molar-refractivity contribution in [1.82, 2.24) is 15.2 Å². The van der Waals surface area contributed by atoms with Crippen LogP contribution in [0.2, 0.25) is 0 Å². The van der Waals surface area contributed by atoms with Crippen molar-refractivity contribution >= 4 is 34.0 Å². The van der Waals surface area contributed by atoms with E-state index in [2.05, 4.69) is 73.9 Å². The van der Waals surface area contributed by atoms with Crippen LogP contribution in [0.1, 0.15) is 30.7 Å². The molecule has 35 heavy (non-hydrogen) atoms. The molecule has 1 fully saturated rings. The maximum Gasteiger partial charge on any atom is 0.228 e. The molecule has 1 aliphatic rings. The Labute approximate surface area is 211 Å². The number of nitrogens with one attached hydrogen (secondary N) is 2. The molecule has 2 aromatic carbocycles. The maximum absolute atomic E-state index is 12.5. The Morgan fingerprint density at radius 1 is 0.971 bits per heavy atom. The third kappa shape index (κ3) is 7.13. The van der Waals surface area contributed by atoms with Crippen LogP contribution in [0, 0.1) is 5.92 Å². The smallest absolute Gasteiger partial charge is 0.228 e. The van der Waals surface area contributed by atoms with Crippen molar-refractivity contribution in [1.29, 1.82) is 0 Å². The second kappa shape index (κ2) is 12.0. The van der Waals surface area contributed by atoms with E-state index in [1.807, 2.05) is 25.3 Å². The largest absolute Gasteiger partial charge is 0.369 e. The highest BCUT2D eigenvalue weighted by Crippen LogP contribution is 2.19. The van der Waals surface area contributed by atoms with E-state index < -0.39 is 0 Å². The van der Waals surface area contributed by atoms with Gasteiger partial charge in [-0.05, 0) is 23.3 Å². The van der Waals surface area contributed by atoms with Crippen molar-refractivity contribution < 1.29 is 9.59 Å². The molecule has 1 aliphatic heterocycles. The van der Waals surface area contributed by atoms with Crippen molar-refractivity contribution in [2.45, 2.75) is 33.4 Å². The number of benzene rings is 2. The minimum absolute atomic E-state index is 0.0755. The molecule has 1 saturated heterocycles. The van der Waals surface area contributed by atoms with Gasteiger partial charge in [-0.25, -0.2) is 4.98 Å². The molecule has 2 amide bonds. The van der Waals surface area contributed by atoms with Gasteiger partial charge in [0.05, 0.1) is 12.1 Å². The van der Waals surface area contributed by atoms with Gasteiger partial charge in [0.1, 0.15) is 0 Å². The number of hydrogen-bond acceptors (Lipinski definition) is 6. The fourth-order valence-corrected chi connectivity index (χ4v) is 4.76. The number of thiazole rings is 1. The standard InChI is InChI=1S/C27H33N5O2S/c1-20(2)26(34)30-27-29-23(19-35-27)16-25(33)28-17-21-8-6-7-9-22(21)18-31-12-14-32(15-13-31)24-10-4-3-5-11-24/h3-11,19-20H,12-18H2,1-2H3,(H,28,33)(H,29,30,34). The number of amides is 2. The van der Waals surface area contributed by atoms with E-state index in [4.69, 9.17) is 0 Å². The van der Waals surface area contributed by atoms with Crippen molar-refractivity contribution in [3.63, 3.8) is 0 Å². The number of anilines is 2. The monoisotopic (exact) mass is 491 g/mol. The molecule has 0 spiro atoms. The van der Waals surface area contributed by atoms with Crippen molar-refractivity contribution in [3.8, 4) is 0 Å². The van der Waals surface area contributed by atoms with Gasteiger partial charge >= 0.3 is 0 Å². The van der Waals surface area contributed by atoms with E-state index in [1.165, 1.54) is 22.6 Å². The molecule has 2 heterocycles. The van der Waals surface area contributed by atoms with Gasteiger partial charge in [-0.1, -0.05) is 56.3 Å². The Hall–Kier alpha value is -3.23. The summed E-state index contributed by atoms with van der Waals surface area (Å²) in [6.07, 6.45) is 0.192. The van der Waals surface area contributed by atoms with Crippen LogP contribution in [-0.2, 0) is 29.1 Å². The van der Waals surface area contributed by atoms with E-state index in [1.54, 1.807) is 0 Å². The van der Waals surface area contributed by atoms with Gasteiger partial charge in [0.15, 0.2) is 5.13 Å². The molecule has 0 radical (unpaired) electrons. The minimum atomic E-state index is -0.113. The van der Waals surface area contributed by atoms with Crippen molar-refractivity contribution in [3.05, 3.63) is 76.8 Å². The van der Waals surface area contributed by atoms with Crippen molar-refractivity contribution in [2.75, 3.05) is 36.4 Å². The van der Waals surface area contributed by atoms with Gasteiger partial charge in [0.2, 0.25) is 11.8 Å². The summed E-state index contributed by atoms with van der Waals surface area (Å²) in [5.74, 6) is -0.268. The molecular formula is C27H33N5O2S. The molecule has 3 aromatic rings. The quantitative estimate of drug-likeness (QED) is 0.475. The molecule has 184 valence electrons. The van der Waals surface area contributed by atoms with Crippen LogP contribution in [0.25, 0.3) is 0 Å². The number of rotatable bonds is 9. The van der Waals surface area contributed by atoms with E-state index in [9.17, 15) is 9.59 Å². The normalized spacial score (nSPS) is 14.2. The molecule has 7 nitrogen and oxygen atoms in total. The molecule has 2 N–H and O–H groups in total. The van der Waals surface area contributed by atoms with Crippen LogP contribution in [0.3, 0.4) is 0 Å². The zero-order chi connectivity index (χ0) is 24.6. The average molecular weight is 492 g/mol. The summed E-state index contributed by atoms with van der Waals surface area (Å²) in [6, 6.07) is 18.9. The highest BCUT2D eigenvalue weighted by molar-refractivity contribution is 7.13. The zero-order valence-corrected chi connectivity index (χ0v) is 21.2. The summed E-state index contributed by atoms with van der Waals surface area (Å²) in [7, 11) is 0. The lowest BCUT2D eigenvalue weighted by Crippen LogP contribution is -2.46. The predicted octanol–water partition coefficient (Wildman–Crippen LogP) is 3.92. The van der Waals surface area contributed by atoms with Crippen LogP contribution in [0.4, 0.5) is 10.8 Å². The number of aromatic nitrogens is 1. The fourth-order valence-electron chi connectivity index (χ4n) is 4.04. The first kappa shape index (κ1) is 24.9. The Kier molecular flexibility index (Phi) is 8.50. The highest BCUT2D eigenvalue weighted by Gasteiger charge is 2.18. The molecule has 0 saturated carbocycles. The van der Waals surface area contributed by atoms with Crippen LogP contribution in [0.15, 0.2) is 60.0 Å². The second-order valence-corrected chi connectivity index (χ2v) is 9.97. The van der Waals surface area contributed by atoms with Gasteiger partial charge in [-0.3, -0.25) is 14.5 Å². The Bertz CT molecular complexity index is 1120. The number of nitrogens with zero attached hydrogens (tertiary/aromatic N) is 3. The van der Waals surface area contributed by atoms with E-state index in [0.29, 0.717) is 17.4 Å². The molecule has 0 atom stereocenters. The van der Waals surface area contributed by atoms with E-state index in [-0.39, 0.29) is 24.2 Å². The summed E-state index contributed by atoms with van der Waals surface area (Å²) in [5.41, 5.74) is 4.32. The highest BCUT2D eigenvalue weighted by atomic mass is 32.1. The number of carbonyl (C=O) groups excluding carboxylic acids is 2. The number of para-hydroxylation sites is 1. The maximum atomic E-state index is 12.5. The Balaban J connectivity index is 1.26. The van der Waals surface area contributed by atoms with Gasteiger partial charge in [-0.2, -0.15) is 0 Å². The minimum Gasteiger partial charge on any atom is -0.369 e. The van der Waals surface area contributed by atoms with Gasteiger partial charge in [-0.15, -0.1) is 11.3 Å². The lowest BCUT2D eigenvalue weighted by atomic mass is 10.1. The fraction of sp³-hybridized carbons (Fsp3) is 0.370. The van der Waals surface area contributed by atoms with Crippen LogP contribution in [0.5, 0.6) is 0 Å². The first-order valence-electron chi connectivity index (χ1n) is 12.1. The molecule has 0 unspecified atom stereocenters. The lowest BCUT2D eigenvalue weighted by Gasteiger charge is -2.36. The number of carbonyl (C=O) groups is 2. The summed E-state index contributed by atoms with van der Waals surface area (Å²) in [6.45, 7) is 9.07. The zero-order valence-electron chi connectivity index (χ0n) is 20.4. The second-order valence-electron chi connectivity index (χ2n) is 9.11. The molecule has 0 bridgehead atoms. The van der Waals surface area contributed by atoms with Crippen LogP contribution in [-0.4, -0.2) is 47.9 Å². The molecular weight excluding hydrogens is 458 g/mol. The number of piperazine rings is 1. The first-order valence-corrected chi connectivity index (χ1v) is 13.0. The number of hydrogen-bond donors (Lipinski definition) is 2. The Morgan fingerprint density at radius 3 is 2.37 bits per heavy atom. The molecule has 0 aliphatic carbocycles. The third-order valence-electron chi connectivity index (χ3n) is 6.13. The van der Waals surface area contributed by atoms with Crippen molar-refractivity contribution in [2.24, 2.45) is 5.92 Å². The van der Waals surface area contributed by atoms with Gasteiger partial charge in [0, 0.05) is 56.3 Å². The van der Waals surface area contributed by atoms with Gasteiger partial charge < -0.3 is 15.5 Å². The molecule has 4 rings (SSSR count). The predicted molar refractivity (Wildman–Crippen MR) is 142 cm³/mol. The van der Waals surface area contributed by atoms with Crippen LogP contribution >= 0.6 is 11.3 Å². The first-order chi connectivity index (χ1) is 17.0. The summed E-state index contributed by atoms with van der Waals surface area (Å²) in [5, 5.41) is 8.16. The summed E-state index contributed by atoms with van der Waals surface area (Å²) in [4.78, 5) is 33.6.